The van der Waals surface area contributed by atoms with E-state index in [0.29, 0.717) is 10.9 Å². The molecule has 0 atom stereocenters. The molecule has 0 aliphatic rings. The Morgan fingerprint density at radius 3 is 2.53 bits per heavy atom. The van der Waals surface area contributed by atoms with Crippen molar-refractivity contribution >= 4 is 29.1 Å². The van der Waals surface area contributed by atoms with Crippen LogP contribution in [0.25, 0.3) is 5.78 Å². The number of carbonyl (C=O) groups is 1. The maximum atomic E-state index is 12.4. The highest BCUT2D eigenvalue weighted by Crippen LogP contribution is 2.21. The summed E-state index contributed by atoms with van der Waals surface area (Å²) in [5, 5.41) is 8.07. The van der Waals surface area contributed by atoms with Gasteiger partial charge in [-0.1, -0.05) is 60.6 Å². The summed E-state index contributed by atoms with van der Waals surface area (Å²) < 4.78 is 1.78. The van der Waals surface area contributed by atoms with Gasteiger partial charge in [0.2, 0.25) is 11.1 Å². The first-order valence-electron chi connectivity index (χ1n) is 10.7. The number of aromatic nitrogens is 4. The van der Waals surface area contributed by atoms with Gasteiger partial charge in [0.15, 0.2) is 0 Å². The number of benzene rings is 2. The van der Waals surface area contributed by atoms with Crippen molar-refractivity contribution in [1.29, 1.82) is 0 Å². The molecule has 1 amide bonds. The molecule has 32 heavy (non-hydrogen) atoms. The highest BCUT2D eigenvalue weighted by atomic mass is 32.2. The molecule has 0 aliphatic heterocycles. The van der Waals surface area contributed by atoms with Gasteiger partial charge in [0.25, 0.3) is 5.78 Å². The van der Waals surface area contributed by atoms with E-state index < -0.39 is 0 Å². The minimum atomic E-state index is -0.0842. The molecule has 0 saturated carbocycles. The maximum absolute atomic E-state index is 12.4. The molecule has 0 radical (unpaired) electrons. The summed E-state index contributed by atoms with van der Waals surface area (Å²) in [6.45, 7) is 8.26. The third kappa shape index (κ3) is 4.99. The molecule has 2 aromatic carbocycles. The lowest BCUT2D eigenvalue weighted by Gasteiger charge is -2.10. The number of hydrogen-bond acceptors (Lipinski definition) is 5. The minimum absolute atomic E-state index is 0.0842. The summed E-state index contributed by atoms with van der Waals surface area (Å²) in [5.74, 6) is 0.714. The van der Waals surface area contributed by atoms with Crippen molar-refractivity contribution in [1.82, 2.24) is 19.6 Å². The van der Waals surface area contributed by atoms with E-state index in [1.165, 1.54) is 28.5 Å². The van der Waals surface area contributed by atoms with E-state index in [1.807, 2.05) is 38.1 Å². The third-order valence-corrected chi connectivity index (χ3v) is 6.31. The normalized spacial score (nSPS) is 11.1. The van der Waals surface area contributed by atoms with Crippen LogP contribution in [0.4, 0.5) is 5.69 Å². The number of nitrogens with zero attached hydrogens (tertiary/aromatic N) is 4. The maximum Gasteiger partial charge on any atom is 0.253 e. The van der Waals surface area contributed by atoms with Crippen LogP contribution in [0.5, 0.6) is 0 Å². The number of amides is 1. The largest absolute Gasteiger partial charge is 0.325 e. The van der Waals surface area contributed by atoms with Gasteiger partial charge in [-0.05, 0) is 56.0 Å². The lowest BCUT2D eigenvalue weighted by atomic mass is 10.0. The van der Waals surface area contributed by atoms with Crippen molar-refractivity contribution in [2.24, 2.45) is 0 Å². The van der Waals surface area contributed by atoms with E-state index in [2.05, 4.69) is 58.5 Å². The van der Waals surface area contributed by atoms with Crippen LogP contribution in [0.2, 0.25) is 0 Å². The van der Waals surface area contributed by atoms with E-state index >= 15 is 0 Å². The van der Waals surface area contributed by atoms with Gasteiger partial charge in [0.1, 0.15) is 0 Å². The average Bonchev–Trinajstić information content (AvgIpc) is 3.19. The van der Waals surface area contributed by atoms with E-state index in [9.17, 15) is 4.79 Å². The number of carbonyl (C=O) groups excluding carboxylic acids is 1. The van der Waals surface area contributed by atoms with Gasteiger partial charge >= 0.3 is 0 Å². The Hall–Kier alpha value is -3.19. The summed E-state index contributed by atoms with van der Waals surface area (Å²) in [7, 11) is 0. The molecule has 4 aromatic rings. The molecular weight excluding hydrogens is 418 g/mol. The number of fused-ring (bicyclic) bond motifs is 1. The molecular formula is C25H27N5OS. The first-order valence-corrected chi connectivity index (χ1v) is 11.7. The van der Waals surface area contributed by atoms with Crippen LogP contribution in [0.1, 0.15) is 40.6 Å². The van der Waals surface area contributed by atoms with Crippen LogP contribution in [-0.4, -0.2) is 31.2 Å². The highest BCUT2D eigenvalue weighted by Gasteiger charge is 2.15. The zero-order valence-corrected chi connectivity index (χ0v) is 19.7. The SMILES string of the molecule is CCc1ccc(NC(=O)CSc2nc3nc(C)c(Cc4cccc(C)c4)c(C)n3n2)cc1. The molecule has 0 spiro atoms. The molecule has 4 rings (SSSR count). The van der Waals surface area contributed by atoms with Crippen molar-refractivity contribution in [2.75, 3.05) is 11.1 Å². The number of aryl methyl sites for hydroxylation is 4. The summed E-state index contributed by atoms with van der Waals surface area (Å²) in [6.07, 6.45) is 1.77. The highest BCUT2D eigenvalue weighted by molar-refractivity contribution is 7.99. The Morgan fingerprint density at radius 2 is 1.81 bits per heavy atom. The number of thioether (sulfide) groups is 1. The summed E-state index contributed by atoms with van der Waals surface area (Å²) in [5.41, 5.74) is 7.65. The number of hydrogen-bond donors (Lipinski definition) is 1. The minimum Gasteiger partial charge on any atom is -0.325 e. The smallest absolute Gasteiger partial charge is 0.253 e. The molecule has 0 fully saturated rings. The molecule has 1 N–H and O–H groups in total. The van der Waals surface area contributed by atoms with Gasteiger partial charge in [0.05, 0.1) is 5.75 Å². The van der Waals surface area contributed by atoms with E-state index in [1.54, 1.807) is 4.52 Å². The molecule has 0 unspecified atom stereocenters. The first-order chi connectivity index (χ1) is 15.4. The second-order valence-corrected chi connectivity index (χ2v) is 8.86. The topological polar surface area (TPSA) is 72.2 Å². The molecule has 0 aliphatic carbocycles. The van der Waals surface area contributed by atoms with Crippen LogP contribution < -0.4 is 5.32 Å². The summed E-state index contributed by atoms with van der Waals surface area (Å²) in [6, 6.07) is 16.4. The lowest BCUT2D eigenvalue weighted by Crippen LogP contribution is -2.14. The fourth-order valence-corrected chi connectivity index (χ4v) is 4.30. The van der Waals surface area contributed by atoms with Crippen LogP contribution in [0.15, 0.2) is 53.7 Å². The van der Waals surface area contributed by atoms with E-state index in [4.69, 9.17) is 0 Å². The fraction of sp³-hybridized carbons (Fsp3) is 0.280. The summed E-state index contributed by atoms with van der Waals surface area (Å²) >= 11 is 1.31. The Morgan fingerprint density at radius 1 is 1.03 bits per heavy atom. The molecule has 2 aromatic heterocycles. The molecule has 2 heterocycles. The van der Waals surface area contributed by atoms with Gasteiger partial charge in [0, 0.05) is 23.5 Å². The predicted octanol–water partition coefficient (Wildman–Crippen LogP) is 4.93. The van der Waals surface area contributed by atoms with Gasteiger partial charge in [-0.3, -0.25) is 4.79 Å². The molecule has 6 nitrogen and oxygen atoms in total. The molecule has 0 bridgehead atoms. The van der Waals surface area contributed by atoms with Gasteiger partial charge in [-0.25, -0.2) is 9.50 Å². The molecule has 164 valence electrons. The Balaban J connectivity index is 1.47. The second kappa shape index (κ2) is 9.53. The van der Waals surface area contributed by atoms with Crippen LogP contribution >= 0.6 is 11.8 Å². The standard InChI is InChI=1S/C25H27N5OS/c1-5-19-9-11-21(12-10-19)27-23(31)15-32-25-28-24-26-17(3)22(18(4)30(24)29-25)14-20-8-6-7-16(2)13-20/h6-13H,5,14-15H2,1-4H3,(H,27,31). The lowest BCUT2D eigenvalue weighted by molar-refractivity contribution is -0.113. The zero-order valence-electron chi connectivity index (χ0n) is 18.8. The number of nitrogens with one attached hydrogen (secondary N) is 1. The van der Waals surface area contributed by atoms with Gasteiger partial charge in [-0.15, -0.1) is 5.10 Å². The van der Waals surface area contributed by atoms with E-state index in [-0.39, 0.29) is 11.7 Å². The molecule has 0 saturated heterocycles. The van der Waals surface area contributed by atoms with Crippen LogP contribution in [-0.2, 0) is 17.6 Å². The van der Waals surface area contributed by atoms with Crippen molar-refractivity contribution in [3.05, 3.63) is 82.2 Å². The fourth-order valence-electron chi connectivity index (χ4n) is 3.68. The van der Waals surface area contributed by atoms with Crippen LogP contribution in [0, 0.1) is 20.8 Å². The number of rotatable bonds is 7. The third-order valence-electron chi connectivity index (χ3n) is 5.47. The predicted molar refractivity (Wildman–Crippen MR) is 129 cm³/mol. The monoisotopic (exact) mass is 445 g/mol. The van der Waals surface area contributed by atoms with Gasteiger partial charge < -0.3 is 5.32 Å². The Kier molecular flexibility index (Phi) is 6.55. The second-order valence-electron chi connectivity index (χ2n) is 7.92. The summed E-state index contributed by atoms with van der Waals surface area (Å²) in [4.78, 5) is 21.5. The van der Waals surface area contributed by atoms with Crippen molar-refractivity contribution in [3.63, 3.8) is 0 Å². The van der Waals surface area contributed by atoms with Crippen molar-refractivity contribution in [3.8, 4) is 0 Å². The Labute approximate surface area is 192 Å². The number of anilines is 1. The van der Waals surface area contributed by atoms with E-state index in [0.717, 1.165) is 35.5 Å². The Bertz CT molecular complexity index is 1260. The van der Waals surface area contributed by atoms with Crippen molar-refractivity contribution in [2.45, 2.75) is 45.7 Å². The van der Waals surface area contributed by atoms with Gasteiger partial charge in [-0.2, -0.15) is 4.98 Å². The first kappa shape index (κ1) is 22.0. The average molecular weight is 446 g/mol. The van der Waals surface area contributed by atoms with Crippen molar-refractivity contribution < 1.29 is 4.79 Å². The quantitative estimate of drug-likeness (QED) is 0.408. The molecule has 7 heteroatoms. The van der Waals surface area contributed by atoms with Crippen LogP contribution in [0.3, 0.4) is 0 Å². The zero-order chi connectivity index (χ0) is 22.7.